The zero-order chi connectivity index (χ0) is 17.7. The molecule has 0 aliphatic heterocycles. The van der Waals surface area contributed by atoms with E-state index >= 15 is 0 Å². The second kappa shape index (κ2) is 7.23. The number of nitrogens with zero attached hydrogens (tertiary/aromatic N) is 1. The Morgan fingerprint density at radius 1 is 1.17 bits per heavy atom. The van der Waals surface area contributed by atoms with E-state index in [-0.39, 0.29) is 16.9 Å². The fourth-order valence-electron chi connectivity index (χ4n) is 1.95. The molecule has 124 valence electrons. The number of hydrogen-bond acceptors (Lipinski definition) is 5. The average Bonchev–Trinajstić information content (AvgIpc) is 2.55. The molecule has 2 rings (SSSR count). The summed E-state index contributed by atoms with van der Waals surface area (Å²) in [6.45, 7) is 1.52. The topological polar surface area (TPSA) is 125 Å². The number of nitrogens with one attached hydrogen (secondary N) is 1. The van der Waals surface area contributed by atoms with Gasteiger partial charge in [-0.05, 0) is 31.2 Å². The largest absolute Gasteiger partial charge is 0.481 e. The van der Waals surface area contributed by atoms with Crippen LogP contribution in [0.2, 0.25) is 0 Å². The van der Waals surface area contributed by atoms with Gasteiger partial charge in [-0.2, -0.15) is 0 Å². The van der Waals surface area contributed by atoms with Gasteiger partial charge in [0.1, 0.15) is 5.75 Å². The summed E-state index contributed by atoms with van der Waals surface area (Å²) in [6.07, 6.45) is -0.882. The molecule has 0 heterocycles. The molecule has 2 aromatic carbocycles. The second-order valence-corrected chi connectivity index (χ2v) is 4.91. The van der Waals surface area contributed by atoms with Crippen LogP contribution in [0.3, 0.4) is 0 Å². The Labute approximate surface area is 137 Å². The molecule has 0 aromatic heterocycles. The number of nitrogens with two attached hydrogens (primary N) is 1. The highest BCUT2D eigenvalue weighted by atomic mass is 16.6. The molecule has 8 heteroatoms. The third-order valence-electron chi connectivity index (χ3n) is 3.18. The molecular formula is C16H15N3O5. The minimum Gasteiger partial charge on any atom is -0.481 e. The maximum absolute atomic E-state index is 12.2. The molecule has 8 nitrogen and oxygen atoms in total. The lowest BCUT2D eigenvalue weighted by Crippen LogP contribution is -2.31. The van der Waals surface area contributed by atoms with Crippen molar-refractivity contribution in [1.29, 1.82) is 0 Å². The molecule has 0 aliphatic carbocycles. The van der Waals surface area contributed by atoms with E-state index in [0.29, 0.717) is 5.75 Å². The van der Waals surface area contributed by atoms with Gasteiger partial charge >= 0.3 is 0 Å². The molecule has 0 spiro atoms. The second-order valence-electron chi connectivity index (χ2n) is 4.91. The Morgan fingerprint density at radius 2 is 1.79 bits per heavy atom. The number of primary amides is 1. The van der Waals surface area contributed by atoms with Gasteiger partial charge in [0, 0.05) is 12.1 Å². The molecule has 0 unspecified atom stereocenters. The molecular weight excluding hydrogens is 314 g/mol. The minimum absolute atomic E-state index is 0.0742. The summed E-state index contributed by atoms with van der Waals surface area (Å²) >= 11 is 0. The lowest BCUT2D eigenvalue weighted by Gasteiger charge is -2.15. The number of ether oxygens (including phenoxy) is 1. The summed E-state index contributed by atoms with van der Waals surface area (Å²) in [6, 6.07) is 11.7. The maximum atomic E-state index is 12.2. The quantitative estimate of drug-likeness (QED) is 0.620. The smallest absolute Gasteiger partial charge is 0.269 e. The zero-order valence-corrected chi connectivity index (χ0v) is 12.8. The molecule has 2 aromatic rings. The summed E-state index contributed by atoms with van der Waals surface area (Å²) in [7, 11) is 0. The first-order valence-corrected chi connectivity index (χ1v) is 6.99. The Balaban J connectivity index is 2.05. The first kappa shape index (κ1) is 16.9. The first-order valence-electron chi connectivity index (χ1n) is 6.99. The van der Waals surface area contributed by atoms with Crippen LogP contribution in [-0.4, -0.2) is 22.8 Å². The molecule has 0 bridgehead atoms. The average molecular weight is 329 g/mol. The predicted octanol–water partition coefficient (Wildman–Crippen LogP) is 2.10. The van der Waals surface area contributed by atoms with Crippen LogP contribution in [0.1, 0.15) is 17.3 Å². The van der Waals surface area contributed by atoms with Crippen LogP contribution in [0.4, 0.5) is 11.4 Å². The number of amides is 2. The summed E-state index contributed by atoms with van der Waals surface area (Å²) in [5, 5.41) is 13.2. The number of rotatable bonds is 6. The Hall–Kier alpha value is -3.42. The summed E-state index contributed by atoms with van der Waals surface area (Å²) in [4.78, 5) is 33.6. The fourth-order valence-corrected chi connectivity index (χ4v) is 1.95. The monoisotopic (exact) mass is 329 g/mol. The standard InChI is InChI=1S/C16H15N3O5/c1-10(24-12-8-6-11(7-9-12)19(22)23)16(21)18-14-5-3-2-4-13(14)15(17)20/h2-10H,1H3,(H2,17,20)(H,18,21)/t10-/m1/s1. The van der Waals surface area contributed by atoms with E-state index in [2.05, 4.69) is 5.32 Å². The number of hydrogen-bond donors (Lipinski definition) is 2. The van der Waals surface area contributed by atoms with E-state index < -0.39 is 22.8 Å². The van der Waals surface area contributed by atoms with Crippen molar-refractivity contribution in [1.82, 2.24) is 0 Å². The van der Waals surface area contributed by atoms with E-state index in [1.807, 2.05) is 0 Å². The Kier molecular flexibility index (Phi) is 5.10. The van der Waals surface area contributed by atoms with Gasteiger partial charge in [0.2, 0.25) is 0 Å². The molecule has 24 heavy (non-hydrogen) atoms. The number of para-hydroxylation sites is 1. The van der Waals surface area contributed by atoms with Gasteiger partial charge in [-0.15, -0.1) is 0 Å². The van der Waals surface area contributed by atoms with E-state index in [4.69, 9.17) is 10.5 Å². The van der Waals surface area contributed by atoms with Gasteiger partial charge in [0.05, 0.1) is 16.2 Å². The third-order valence-corrected chi connectivity index (χ3v) is 3.18. The fraction of sp³-hybridized carbons (Fsp3) is 0.125. The van der Waals surface area contributed by atoms with Gasteiger partial charge in [-0.3, -0.25) is 19.7 Å². The third kappa shape index (κ3) is 4.07. The van der Waals surface area contributed by atoms with Crippen LogP contribution in [0.25, 0.3) is 0 Å². The van der Waals surface area contributed by atoms with E-state index in [0.717, 1.165) is 0 Å². The SMILES string of the molecule is C[C@@H](Oc1ccc([N+](=O)[O-])cc1)C(=O)Nc1ccccc1C(N)=O. The van der Waals surface area contributed by atoms with Crippen molar-refractivity contribution in [2.45, 2.75) is 13.0 Å². The van der Waals surface area contributed by atoms with E-state index in [1.54, 1.807) is 18.2 Å². The van der Waals surface area contributed by atoms with Gasteiger partial charge in [0.15, 0.2) is 6.10 Å². The van der Waals surface area contributed by atoms with Crippen LogP contribution in [0.5, 0.6) is 5.75 Å². The van der Waals surface area contributed by atoms with Gasteiger partial charge in [-0.1, -0.05) is 12.1 Å². The molecule has 3 N–H and O–H groups in total. The number of non-ortho nitro benzene ring substituents is 1. The molecule has 0 aliphatic rings. The summed E-state index contributed by atoms with van der Waals surface area (Å²) in [5.74, 6) is -0.830. The van der Waals surface area contributed by atoms with Crippen LogP contribution >= 0.6 is 0 Å². The van der Waals surface area contributed by atoms with E-state index in [1.165, 1.54) is 37.3 Å². The Morgan fingerprint density at radius 3 is 2.38 bits per heavy atom. The van der Waals surface area contributed by atoms with Crippen molar-refractivity contribution in [3.8, 4) is 5.75 Å². The normalized spacial score (nSPS) is 11.4. The highest BCUT2D eigenvalue weighted by molar-refractivity contribution is 6.03. The number of carbonyl (C=O) groups is 2. The Bertz CT molecular complexity index is 774. The van der Waals surface area contributed by atoms with Crippen LogP contribution in [-0.2, 0) is 4.79 Å². The molecule has 0 fully saturated rings. The molecule has 2 amide bonds. The molecule has 1 atom stereocenters. The molecule has 0 radical (unpaired) electrons. The summed E-state index contributed by atoms with van der Waals surface area (Å²) in [5.41, 5.74) is 5.65. The number of anilines is 1. The molecule has 0 saturated heterocycles. The zero-order valence-electron chi connectivity index (χ0n) is 12.8. The lowest BCUT2D eigenvalue weighted by molar-refractivity contribution is -0.384. The van der Waals surface area contributed by atoms with Crippen molar-refractivity contribution in [2.75, 3.05) is 5.32 Å². The van der Waals surface area contributed by atoms with Crippen LogP contribution in [0, 0.1) is 10.1 Å². The highest BCUT2D eigenvalue weighted by Crippen LogP contribution is 2.19. The van der Waals surface area contributed by atoms with Crippen molar-refractivity contribution >= 4 is 23.2 Å². The number of nitro groups is 1. The highest BCUT2D eigenvalue weighted by Gasteiger charge is 2.18. The number of benzene rings is 2. The minimum atomic E-state index is -0.882. The van der Waals surface area contributed by atoms with Crippen LogP contribution in [0.15, 0.2) is 48.5 Å². The van der Waals surface area contributed by atoms with Gasteiger partial charge in [0.25, 0.3) is 17.5 Å². The summed E-state index contributed by atoms with van der Waals surface area (Å²) < 4.78 is 5.43. The van der Waals surface area contributed by atoms with Gasteiger partial charge < -0.3 is 15.8 Å². The molecule has 0 saturated carbocycles. The first-order chi connectivity index (χ1) is 11.4. The van der Waals surface area contributed by atoms with Crippen molar-refractivity contribution in [2.24, 2.45) is 5.73 Å². The predicted molar refractivity (Wildman–Crippen MR) is 86.8 cm³/mol. The number of carbonyl (C=O) groups excluding carboxylic acids is 2. The van der Waals surface area contributed by atoms with Crippen molar-refractivity contribution < 1.29 is 19.2 Å². The number of nitro benzene ring substituents is 1. The van der Waals surface area contributed by atoms with Gasteiger partial charge in [-0.25, -0.2) is 0 Å². The van der Waals surface area contributed by atoms with Crippen molar-refractivity contribution in [3.63, 3.8) is 0 Å². The lowest BCUT2D eigenvalue weighted by atomic mass is 10.1. The maximum Gasteiger partial charge on any atom is 0.269 e. The van der Waals surface area contributed by atoms with Crippen LogP contribution < -0.4 is 15.8 Å². The van der Waals surface area contributed by atoms with E-state index in [9.17, 15) is 19.7 Å². The van der Waals surface area contributed by atoms with Crippen molar-refractivity contribution in [3.05, 3.63) is 64.2 Å².